The van der Waals surface area contributed by atoms with E-state index in [9.17, 15) is 0 Å². The van der Waals surface area contributed by atoms with Gasteiger partial charge in [0, 0.05) is 11.1 Å². The third-order valence-corrected chi connectivity index (χ3v) is 4.20. The van der Waals surface area contributed by atoms with E-state index in [0.717, 1.165) is 34.4 Å². The fourth-order valence-corrected chi connectivity index (χ4v) is 2.44. The first-order valence-corrected chi connectivity index (χ1v) is 8.51. The molecular formula is C22H27NS. The second kappa shape index (κ2) is 9.84. The Morgan fingerprint density at radius 3 is 2.29 bits per heavy atom. The summed E-state index contributed by atoms with van der Waals surface area (Å²) in [5.74, 6) is 0. The number of nitrogens with two attached hydrogens (primary N) is 1. The van der Waals surface area contributed by atoms with Gasteiger partial charge in [-0.1, -0.05) is 61.3 Å². The van der Waals surface area contributed by atoms with Crippen LogP contribution in [-0.4, -0.2) is 5.37 Å². The first kappa shape index (κ1) is 19.9. The monoisotopic (exact) mass is 337 g/mol. The molecule has 0 unspecified atom stereocenters. The van der Waals surface area contributed by atoms with Crippen LogP contribution in [0.25, 0.3) is 5.57 Å². The van der Waals surface area contributed by atoms with Crippen LogP contribution in [0.4, 0.5) is 0 Å². The number of hydrogen-bond acceptors (Lipinski definition) is 2. The molecule has 0 aliphatic heterocycles. The van der Waals surface area contributed by atoms with Gasteiger partial charge in [-0.3, -0.25) is 0 Å². The molecule has 0 saturated heterocycles. The van der Waals surface area contributed by atoms with E-state index in [1.54, 1.807) is 5.37 Å². The van der Waals surface area contributed by atoms with Crippen molar-refractivity contribution in [3.63, 3.8) is 0 Å². The predicted octanol–water partition coefficient (Wildman–Crippen LogP) is 6.16. The van der Waals surface area contributed by atoms with Crippen LogP contribution in [0.1, 0.15) is 39.7 Å². The van der Waals surface area contributed by atoms with Gasteiger partial charge in [-0.2, -0.15) is 0 Å². The topological polar surface area (TPSA) is 26.0 Å². The number of thiocarbonyl (C=S) groups is 1. The van der Waals surface area contributed by atoms with E-state index in [0.29, 0.717) is 0 Å². The number of allylic oxidation sites excluding steroid dienone is 8. The van der Waals surface area contributed by atoms with Crippen molar-refractivity contribution in [2.24, 2.45) is 5.73 Å². The Morgan fingerprint density at radius 1 is 1.08 bits per heavy atom. The van der Waals surface area contributed by atoms with E-state index in [4.69, 9.17) is 18.0 Å². The minimum absolute atomic E-state index is 0.742. The molecule has 1 rings (SSSR count). The molecule has 1 nitrogen and oxygen atoms in total. The lowest BCUT2D eigenvalue weighted by molar-refractivity contribution is 1.15. The fourth-order valence-electron chi connectivity index (χ4n) is 2.23. The Labute approximate surface area is 152 Å². The van der Waals surface area contributed by atoms with E-state index >= 15 is 0 Å². The average Bonchev–Trinajstić information content (AvgIpc) is 2.59. The number of hydrogen-bond donors (Lipinski definition) is 1. The van der Waals surface area contributed by atoms with Crippen LogP contribution >= 0.6 is 12.2 Å². The van der Waals surface area contributed by atoms with Crippen molar-refractivity contribution in [1.29, 1.82) is 0 Å². The zero-order chi connectivity index (χ0) is 18.1. The van der Waals surface area contributed by atoms with Gasteiger partial charge in [0.1, 0.15) is 0 Å². The first-order chi connectivity index (χ1) is 11.4. The third kappa shape index (κ3) is 6.13. The molecule has 0 amide bonds. The maximum atomic E-state index is 6.27. The maximum Gasteiger partial charge on any atom is 0.0373 e. The molecule has 24 heavy (non-hydrogen) atoms. The van der Waals surface area contributed by atoms with Crippen LogP contribution in [0, 0.1) is 0 Å². The van der Waals surface area contributed by atoms with Crippen LogP contribution in [0.3, 0.4) is 0 Å². The van der Waals surface area contributed by atoms with Gasteiger partial charge in [0.05, 0.1) is 0 Å². The van der Waals surface area contributed by atoms with Gasteiger partial charge in [-0.25, -0.2) is 0 Å². The molecule has 0 heterocycles. The second-order valence-corrected chi connectivity index (χ2v) is 6.24. The summed E-state index contributed by atoms with van der Waals surface area (Å²) in [6.07, 6.45) is 6.92. The van der Waals surface area contributed by atoms with Gasteiger partial charge in [-0.15, -0.1) is 0 Å². The van der Waals surface area contributed by atoms with Crippen molar-refractivity contribution >= 4 is 23.2 Å². The van der Waals surface area contributed by atoms with E-state index in [1.807, 2.05) is 38.1 Å². The van der Waals surface area contributed by atoms with Crippen molar-refractivity contribution in [2.45, 2.75) is 34.1 Å². The minimum Gasteiger partial charge on any atom is -0.398 e. The van der Waals surface area contributed by atoms with Crippen molar-refractivity contribution in [1.82, 2.24) is 0 Å². The Bertz CT molecular complexity index is 716. The minimum atomic E-state index is 0.742. The Hall–Kier alpha value is -2.19. The van der Waals surface area contributed by atoms with Gasteiger partial charge in [0.15, 0.2) is 0 Å². The quantitative estimate of drug-likeness (QED) is 0.366. The Kier molecular flexibility index (Phi) is 8.14. The second-order valence-electron chi connectivity index (χ2n) is 5.97. The van der Waals surface area contributed by atoms with E-state index in [-0.39, 0.29) is 0 Å². The lowest BCUT2D eigenvalue weighted by atomic mass is 10.00. The standard InChI is InChI=1S/C22H27NS/c1-16(13-14-24)19(4)15-20(5)22(23)18(3)12-11-17(2)21-9-7-6-8-10-21/h6-11,13-15H,3,12,23H2,1-2,4-5H3/b16-13?,17-11+,19-15?,22-20?. The first-order valence-electron chi connectivity index (χ1n) is 8.04. The highest BCUT2D eigenvalue weighted by Crippen LogP contribution is 2.20. The van der Waals surface area contributed by atoms with Crippen LogP contribution in [0.5, 0.6) is 0 Å². The van der Waals surface area contributed by atoms with Gasteiger partial charge in [0.2, 0.25) is 0 Å². The Balaban J connectivity index is 2.88. The van der Waals surface area contributed by atoms with Crippen molar-refractivity contribution in [3.8, 4) is 0 Å². The lowest BCUT2D eigenvalue weighted by Crippen LogP contribution is -2.03. The molecule has 0 aromatic heterocycles. The highest BCUT2D eigenvalue weighted by atomic mass is 32.1. The molecule has 0 bridgehead atoms. The average molecular weight is 338 g/mol. The molecule has 1 aromatic carbocycles. The molecule has 2 heteroatoms. The molecule has 0 radical (unpaired) electrons. The summed E-state index contributed by atoms with van der Waals surface area (Å²) < 4.78 is 0. The molecule has 1 aromatic rings. The highest BCUT2D eigenvalue weighted by Gasteiger charge is 2.02. The van der Waals surface area contributed by atoms with Crippen molar-refractivity contribution < 1.29 is 0 Å². The van der Waals surface area contributed by atoms with E-state index < -0.39 is 0 Å². The summed E-state index contributed by atoms with van der Waals surface area (Å²) in [7, 11) is 0. The van der Waals surface area contributed by atoms with Gasteiger partial charge >= 0.3 is 0 Å². The summed E-state index contributed by atoms with van der Waals surface area (Å²) in [5, 5.41) is 1.63. The summed E-state index contributed by atoms with van der Waals surface area (Å²) in [6, 6.07) is 10.3. The SMILES string of the molecule is C=C(C/C=C(\C)c1ccccc1)C(N)=C(C)C=C(C)C(C)=CC=S. The van der Waals surface area contributed by atoms with Crippen LogP contribution in [-0.2, 0) is 0 Å². The molecule has 0 saturated carbocycles. The van der Waals surface area contributed by atoms with Crippen LogP contribution in [0.2, 0.25) is 0 Å². The molecule has 2 N–H and O–H groups in total. The maximum absolute atomic E-state index is 6.27. The van der Waals surface area contributed by atoms with Crippen LogP contribution in [0.15, 0.2) is 83.1 Å². The number of rotatable bonds is 7. The van der Waals surface area contributed by atoms with Gasteiger partial charge in [0.25, 0.3) is 0 Å². The van der Waals surface area contributed by atoms with E-state index in [2.05, 4.69) is 44.7 Å². The molecular weight excluding hydrogens is 310 g/mol. The van der Waals surface area contributed by atoms with Crippen molar-refractivity contribution in [3.05, 3.63) is 88.7 Å². The smallest absolute Gasteiger partial charge is 0.0373 e. The molecule has 0 atom stereocenters. The van der Waals surface area contributed by atoms with Gasteiger partial charge < -0.3 is 5.73 Å². The molecule has 126 valence electrons. The third-order valence-electron chi connectivity index (χ3n) is 4.06. The largest absolute Gasteiger partial charge is 0.398 e. The summed E-state index contributed by atoms with van der Waals surface area (Å²) in [4.78, 5) is 0. The highest BCUT2D eigenvalue weighted by molar-refractivity contribution is 7.79. The molecule has 0 aliphatic carbocycles. The normalized spacial score (nSPS) is 14.2. The zero-order valence-corrected chi connectivity index (χ0v) is 15.9. The molecule has 0 fully saturated rings. The fraction of sp³-hybridized carbons (Fsp3) is 0.227. The van der Waals surface area contributed by atoms with Gasteiger partial charge in [-0.05, 0) is 73.6 Å². The molecule has 0 aliphatic rings. The predicted molar refractivity (Wildman–Crippen MR) is 112 cm³/mol. The van der Waals surface area contributed by atoms with E-state index in [1.165, 1.54) is 11.1 Å². The molecule has 0 spiro atoms. The summed E-state index contributed by atoms with van der Waals surface area (Å²) in [6.45, 7) is 12.4. The summed E-state index contributed by atoms with van der Waals surface area (Å²) >= 11 is 4.87. The Morgan fingerprint density at radius 2 is 1.71 bits per heavy atom. The lowest BCUT2D eigenvalue weighted by Gasteiger charge is -2.09. The van der Waals surface area contributed by atoms with Crippen molar-refractivity contribution in [2.75, 3.05) is 0 Å². The summed E-state index contributed by atoms with van der Waals surface area (Å²) in [5.41, 5.74) is 13.7. The number of benzene rings is 1. The van der Waals surface area contributed by atoms with Crippen LogP contribution < -0.4 is 5.73 Å². The zero-order valence-electron chi connectivity index (χ0n) is 15.1.